The van der Waals surface area contributed by atoms with Crippen LogP contribution in [0.4, 0.5) is 5.82 Å². The van der Waals surface area contributed by atoms with Crippen LogP contribution in [0, 0.1) is 0 Å². The van der Waals surface area contributed by atoms with E-state index in [1.807, 2.05) is 13.1 Å². The summed E-state index contributed by atoms with van der Waals surface area (Å²) in [6.45, 7) is 8.70. The molecule has 0 amide bonds. The fourth-order valence-corrected chi connectivity index (χ4v) is 1.75. The topological polar surface area (TPSA) is 28.2 Å². The average molecular weight is 221 g/mol. The van der Waals surface area contributed by atoms with E-state index >= 15 is 0 Å². The van der Waals surface area contributed by atoms with E-state index in [-0.39, 0.29) is 0 Å². The van der Waals surface area contributed by atoms with Crippen molar-refractivity contribution in [3.05, 3.63) is 23.9 Å². The molecule has 1 aromatic rings. The van der Waals surface area contributed by atoms with Crippen molar-refractivity contribution in [2.45, 2.75) is 39.8 Å². The molecule has 0 radical (unpaired) electrons. The number of pyridine rings is 1. The van der Waals surface area contributed by atoms with Crippen LogP contribution in [0.5, 0.6) is 0 Å². The van der Waals surface area contributed by atoms with E-state index < -0.39 is 0 Å². The Morgan fingerprint density at radius 3 is 2.69 bits per heavy atom. The third kappa shape index (κ3) is 3.49. The molecule has 0 saturated heterocycles. The van der Waals surface area contributed by atoms with Gasteiger partial charge in [-0.25, -0.2) is 4.98 Å². The highest BCUT2D eigenvalue weighted by molar-refractivity contribution is 5.34. The van der Waals surface area contributed by atoms with Crippen LogP contribution in [0.2, 0.25) is 0 Å². The number of rotatable bonds is 6. The number of anilines is 1. The second-order valence-corrected chi connectivity index (χ2v) is 4.08. The molecule has 3 heteroatoms. The molecule has 0 saturated carbocycles. The van der Waals surface area contributed by atoms with E-state index in [1.54, 1.807) is 0 Å². The minimum absolute atomic E-state index is 0.616. The van der Waals surface area contributed by atoms with Crippen molar-refractivity contribution in [3.8, 4) is 0 Å². The summed E-state index contributed by atoms with van der Waals surface area (Å²) in [4.78, 5) is 6.99. The highest BCUT2D eigenvalue weighted by Crippen LogP contribution is 2.10. The number of nitrogens with zero attached hydrogens (tertiary/aromatic N) is 2. The minimum Gasteiger partial charge on any atom is -0.373 e. The molecular formula is C13H23N3. The largest absolute Gasteiger partial charge is 0.373 e. The van der Waals surface area contributed by atoms with Gasteiger partial charge in [0, 0.05) is 19.6 Å². The SMILES string of the molecule is CCC(C)N(CC)Cc1cccc(NC)n1. The molecule has 0 aliphatic heterocycles. The lowest BCUT2D eigenvalue weighted by Crippen LogP contribution is -2.32. The van der Waals surface area contributed by atoms with Crippen LogP contribution in [0.1, 0.15) is 32.9 Å². The monoisotopic (exact) mass is 221 g/mol. The highest BCUT2D eigenvalue weighted by Gasteiger charge is 2.11. The van der Waals surface area contributed by atoms with Crippen molar-refractivity contribution in [1.29, 1.82) is 0 Å². The molecule has 1 aromatic heterocycles. The second kappa shape index (κ2) is 6.48. The lowest BCUT2D eigenvalue weighted by molar-refractivity contribution is 0.204. The van der Waals surface area contributed by atoms with Crippen molar-refractivity contribution in [1.82, 2.24) is 9.88 Å². The maximum atomic E-state index is 4.54. The Balaban J connectivity index is 2.69. The highest BCUT2D eigenvalue weighted by atomic mass is 15.2. The molecule has 0 spiro atoms. The van der Waals surface area contributed by atoms with E-state index in [2.05, 4.69) is 48.1 Å². The minimum atomic E-state index is 0.616. The first-order valence-corrected chi connectivity index (χ1v) is 6.09. The average Bonchev–Trinajstić information content (AvgIpc) is 2.35. The van der Waals surface area contributed by atoms with Gasteiger partial charge in [-0.3, -0.25) is 4.90 Å². The molecule has 0 aliphatic rings. The van der Waals surface area contributed by atoms with Crippen LogP contribution in [0.3, 0.4) is 0 Å². The van der Waals surface area contributed by atoms with Crippen LogP contribution in [-0.2, 0) is 6.54 Å². The number of nitrogens with one attached hydrogen (secondary N) is 1. The van der Waals surface area contributed by atoms with Crippen molar-refractivity contribution in [2.75, 3.05) is 18.9 Å². The van der Waals surface area contributed by atoms with Crippen molar-refractivity contribution in [3.63, 3.8) is 0 Å². The first kappa shape index (κ1) is 13.0. The predicted molar refractivity (Wildman–Crippen MR) is 69.6 cm³/mol. The number of hydrogen-bond acceptors (Lipinski definition) is 3. The summed E-state index contributed by atoms with van der Waals surface area (Å²) >= 11 is 0. The molecule has 0 fully saturated rings. The van der Waals surface area contributed by atoms with Gasteiger partial charge >= 0.3 is 0 Å². The fourth-order valence-electron chi connectivity index (χ4n) is 1.75. The van der Waals surface area contributed by atoms with Gasteiger partial charge in [0.1, 0.15) is 5.82 Å². The molecule has 0 aromatic carbocycles. The fraction of sp³-hybridized carbons (Fsp3) is 0.615. The molecule has 1 N–H and O–H groups in total. The Morgan fingerprint density at radius 1 is 1.38 bits per heavy atom. The van der Waals surface area contributed by atoms with Gasteiger partial charge in [-0.1, -0.05) is 19.9 Å². The van der Waals surface area contributed by atoms with Crippen LogP contribution in [-0.4, -0.2) is 29.5 Å². The molecule has 16 heavy (non-hydrogen) atoms. The van der Waals surface area contributed by atoms with Crippen LogP contribution in [0.15, 0.2) is 18.2 Å². The second-order valence-electron chi connectivity index (χ2n) is 4.08. The number of aromatic nitrogens is 1. The normalized spacial score (nSPS) is 12.8. The van der Waals surface area contributed by atoms with Gasteiger partial charge in [-0.05, 0) is 32.0 Å². The van der Waals surface area contributed by atoms with Gasteiger partial charge in [0.05, 0.1) is 5.69 Å². The van der Waals surface area contributed by atoms with E-state index in [1.165, 1.54) is 6.42 Å². The molecule has 0 bridgehead atoms. The summed E-state index contributed by atoms with van der Waals surface area (Å²) in [5.74, 6) is 0.942. The van der Waals surface area contributed by atoms with Crippen LogP contribution >= 0.6 is 0 Å². The summed E-state index contributed by atoms with van der Waals surface area (Å²) in [5, 5.41) is 3.07. The maximum absolute atomic E-state index is 4.54. The Morgan fingerprint density at radius 2 is 2.12 bits per heavy atom. The Kier molecular flexibility index (Phi) is 5.26. The lowest BCUT2D eigenvalue weighted by atomic mass is 10.2. The van der Waals surface area contributed by atoms with Crippen LogP contribution in [0.25, 0.3) is 0 Å². The summed E-state index contributed by atoms with van der Waals surface area (Å²) in [7, 11) is 1.90. The third-order valence-corrected chi connectivity index (χ3v) is 3.05. The first-order valence-electron chi connectivity index (χ1n) is 6.09. The summed E-state index contributed by atoms with van der Waals surface area (Å²) in [5.41, 5.74) is 1.13. The molecule has 1 heterocycles. The quantitative estimate of drug-likeness (QED) is 0.800. The zero-order valence-corrected chi connectivity index (χ0v) is 10.8. The van der Waals surface area contributed by atoms with Crippen molar-refractivity contribution >= 4 is 5.82 Å². The molecule has 1 atom stereocenters. The van der Waals surface area contributed by atoms with E-state index in [0.717, 1.165) is 24.6 Å². The van der Waals surface area contributed by atoms with E-state index in [4.69, 9.17) is 0 Å². The smallest absolute Gasteiger partial charge is 0.126 e. The third-order valence-electron chi connectivity index (χ3n) is 3.05. The van der Waals surface area contributed by atoms with Gasteiger partial charge in [0.15, 0.2) is 0 Å². The number of hydrogen-bond donors (Lipinski definition) is 1. The maximum Gasteiger partial charge on any atom is 0.126 e. The summed E-state index contributed by atoms with van der Waals surface area (Å²) in [6, 6.07) is 6.75. The Hall–Kier alpha value is -1.09. The van der Waals surface area contributed by atoms with Gasteiger partial charge < -0.3 is 5.32 Å². The van der Waals surface area contributed by atoms with Crippen molar-refractivity contribution < 1.29 is 0 Å². The van der Waals surface area contributed by atoms with E-state index in [9.17, 15) is 0 Å². The van der Waals surface area contributed by atoms with Crippen molar-refractivity contribution in [2.24, 2.45) is 0 Å². The molecule has 3 nitrogen and oxygen atoms in total. The molecular weight excluding hydrogens is 198 g/mol. The molecule has 90 valence electrons. The van der Waals surface area contributed by atoms with Gasteiger partial charge in [0.2, 0.25) is 0 Å². The summed E-state index contributed by atoms with van der Waals surface area (Å²) in [6.07, 6.45) is 1.18. The Labute approximate surface area is 98.9 Å². The Bertz CT molecular complexity index is 312. The lowest BCUT2D eigenvalue weighted by Gasteiger charge is -2.26. The molecule has 0 aliphatic carbocycles. The summed E-state index contributed by atoms with van der Waals surface area (Å²) < 4.78 is 0. The van der Waals surface area contributed by atoms with Crippen LogP contribution < -0.4 is 5.32 Å². The zero-order chi connectivity index (χ0) is 12.0. The first-order chi connectivity index (χ1) is 7.71. The standard InChI is InChI=1S/C13H23N3/c1-5-11(3)16(6-2)10-12-8-7-9-13(14-4)15-12/h7-9,11H,5-6,10H2,1-4H3,(H,14,15). The predicted octanol–water partition coefficient (Wildman–Crippen LogP) is 2.74. The zero-order valence-electron chi connectivity index (χ0n) is 10.8. The molecule has 1 rings (SSSR count). The van der Waals surface area contributed by atoms with Gasteiger partial charge in [-0.15, -0.1) is 0 Å². The van der Waals surface area contributed by atoms with Gasteiger partial charge in [0.25, 0.3) is 0 Å². The van der Waals surface area contributed by atoms with E-state index in [0.29, 0.717) is 6.04 Å². The van der Waals surface area contributed by atoms with Gasteiger partial charge in [-0.2, -0.15) is 0 Å². The molecule has 1 unspecified atom stereocenters.